The molecule has 0 aliphatic rings. The number of nitrogens with zero attached hydrogens (tertiary/aromatic N) is 1. The van der Waals surface area contributed by atoms with Crippen LogP contribution in [0.2, 0.25) is 0 Å². The molecule has 0 fully saturated rings. The highest BCUT2D eigenvalue weighted by atomic mass is 16.4. The average molecular weight is 248 g/mol. The van der Waals surface area contributed by atoms with E-state index in [4.69, 9.17) is 5.11 Å². The number of carboxylic acid groups (broad SMARTS) is 1. The van der Waals surface area contributed by atoms with Gasteiger partial charge in [0.15, 0.2) is 0 Å². The Morgan fingerprint density at radius 2 is 2.11 bits per heavy atom. The van der Waals surface area contributed by atoms with E-state index in [2.05, 4.69) is 4.98 Å². The van der Waals surface area contributed by atoms with Gasteiger partial charge in [0.25, 0.3) is 5.91 Å². The molecule has 0 aliphatic carbocycles. The molecule has 0 spiro atoms. The van der Waals surface area contributed by atoms with Gasteiger partial charge in [0, 0.05) is 18.0 Å². The number of hydrogen-bond donors (Lipinski definition) is 3. The number of amides is 1. The third kappa shape index (κ3) is 2.13. The summed E-state index contributed by atoms with van der Waals surface area (Å²) >= 11 is 0. The summed E-state index contributed by atoms with van der Waals surface area (Å²) in [7, 11) is 1.40. The Balaban J connectivity index is 2.34. The van der Waals surface area contributed by atoms with E-state index in [0.29, 0.717) is 10.9 Å². The van der Waals surface area contributed by atoms with E-state index in [1.54, 1.807) is 12.1 Å². The van der Waals surface area contributed by atoms with Gasteiger partial charge < -0.3 is 20.1 Å². The predicted molar refractivity (Wildman–Crippen MR) is 64.6 cm³/mol. The number of likely N-dealkylation sites (N-methyl/N-ethyl adjacent to an activating group) is 1. The summed E-state index contributed by atoms with van der Waals surface area (Å²) in [5, 5.41) is 18.8. The summed E-state index contributed by atoms with van der Waals surface area (Å²) in [4.78, 5) is 26.4. The highest BCUT2D eigenvalue weighted by Gasteiger charge is 2.17. The van der Waals surface area contributed by atoms with Crippen molar-refractivity contribution in [1.82, 2.24) is 9.88 Å². The van der Waals surface area contributed by atoms with Gasteiger partial charge in [-0.3, -0.25) is 9.59 Å². The summed E-state index contributed by atoms with van der Waals surface area (Å²) in [6.45, 7) is -0.375. The number of aromatic hydroxyl groups is 1. The number of H-pyrrole nitrogens is 1. The minimum Gasteiger partial charge on any atom is -0.507 e. The van der Waals surface area contributed by atoms with Crippen molar-refractivity contribution in [2.75, 3.05) is 13.6 Å². The van der Waals surface area contributed by atoms with Crippen molar-refractivity contribution in [3.63, 3.8) is 0 Å². The molecule has 2 rings (SSSR count). The topological polar surface area (TPSA) is 93.6 Å². The molecule has 1 aromatic carbocycles. The lowest BCUT2D eigenvalue weighted by Gasteiger charge is -2.12. The predicted octanol–water partition coefficient (Wildman–Crippen LogP) is 1.03. The molecule has 0 atom stereocenters. The normalized spacial score (nSPS) is 10.5. The number of carboxylic acids is 1. The van der Waals surface area contributed by atoms with E-state index in [1.165, 1.54) is 19.2 Å². The number of hydrogen-bond acceptors (Lipinski definition) is 3. The van der Waals surface area contributed by atoms with E-state index in [1.807, 2.05) is 0 Å². The molecule has 0 saturated carbocycles. The number of phenols is 1. The van der Waals surface area contributed by atoms with Gasteiger partial charge in [-0.15, -0.1) is 0 Å². The highest BCUT2D eigenvalue weighted by molar-refractivity contribution is 6.00. The fourth-order valence-electron chi connectivity index (χ4n) is 1.73. The average Bonchev–Trinajstić information content (AvgIpc) is 2.72. The second-order valence-corrected chi connectivity index (χ2v) is 3.98. The molecule has 3 N–H and O–H groups in total. The van der Waals surface area contributed by atoms with Crippen LogP contribution < -0.4 is 0 Å². The molecule has 0 radical (unpaired) electrons. The lowest BCUT2D eigenvalue weighted by molar-refractivity contribution is -0.137. The van der Waals surface area contributed by atoms with Crippen molar-refractivity contribution in [3.8, 4) is 5.75 Å². The molecule has 2 aromatic rings. The van der Waals surface area contributed by atoms with Crippen molar-refractivity contribution in [1.29, 1.82) is 0 Å². The van der Waals surface area contributed by atoms with Gasteiger partial charge in [-0.1, -0.05) is 6.07 Å². The molecule has 1 amide bonds. The standard InChI is InChI=1S/C12H12N2O4/c1-14(6-11(16)17)12(18)9-5-7-8(13-9)3-2-4-10(7)15/h2-5,13,15H,6H2,1H3,(H,16,17). The monoisotopic (exact) mass is 248 g/mol. The van der Waals surface area contributed by atoms with Crippen LogP contribution in [0.15, 0.2) is 24.3 Å². The van der Waals surface area contributed by atoms with Crippen LogP contribution >= 0.6 is 0 Å². The Morgan fingerprint density at radius 1 is 1.39 bits per heavy atom. The van der Waals surface area contributed by atoms with Gasteiger partial charge in [-0.25, -0.2) is 0 Å². The Bertz CT molecular complexity index is 618. The second-order valence-electron chi connectivity index (χ2n) is 3.98. The van der Waals surface area contributed by atoms with Crippen molar-refractivity contribution in [2.24, 2.45) is 0 Å². The minimum absolute atomic E-state index is 0.0729. The lowest BCUT2D eigenvalue weighted by atomic mass is 10.2. The Kier molecular flexibility index (Phi) is 2.93. The molecule has 0 aliphatic heterocycles. The Labute approximate surface area is 102 Å². The second kappa shape index (κ2) is 4.40. The zero-order valence-electron chi connectivity index (χ0n) is 9.67. The first kappa shape index (κ1) is 12.0. The number of aromatic nitrogens is 1. The summed E-state index contributed by atoms with van der Waals surface area (Å²) in [5.74, 6) is -1.44. The number of fused-ring (bicyclic) bond motifs is 1. The SMILES string of the molecule is CN(CC(=O)O)C(=O)c1cc2c(O)cccc2[nH]1. The maximum atomic E-state index is 11.9. The molecule has 94 valence electrons. The van der Waals surface area contributed by atoms with Crippen LogP contribution in [0.25, 0.3) is 10.9 Å². The number of nitrogens with one attached hydrogen (secondary N) is 1. The van der Waals surface area contributed by atoms with Gasteiger partial charge in [0.1, 0.15) is 18.0 Å². The van der Waals surface area contributed by atoms with Gasteiger partial charge in [0.2, 0.25) is 0 Å². The van der Waals surface area contributed by atoms with E-state index in [9.17, 15) is 14.7 Å². The zero-order valence-corrected chi connectivity index (χ0v) is 9.67. The molecule has 18 heavy (non-hydrogen) atoms. The molecule has 0 unspecified atom stereocenters. The number of rotatable bonds is 3. The van der Waals surface area contributed by atoms with E-state index >= 15 is 0 Å². The van der Waals surface area contributed by atoms with Gasteiger partial charge in [-0.2, -0.15) is 0 Å². The van der Waals surface area contributed by atoms with Crippen LogP contribution in [0.5, 0.6) is 5.75 Å². The number of carbonyl (C=O) groups excluding carboxylic acids is 1. The van der Waals surface area contributed by atoms with Crippen LogP contribution in [0, 0.1) is 0 Å². The molecular weight excluding hydrogens is 236 g/mol. The molecule has 1 aromatic heterocycles. The Morgan fingerprint density at radius 3 is 2.72 bits per heavy atom. The largest absolute Gasteiger partial charge is 0.507 e. The third-order valence-electron chi connectivity index (χ3n) is 2.59. The zero-order chi connectivity index (χ0) is 13.3. The van der Waals surface area contributed by atoms with E-state index in [-0.39, 0.29) is 18.0 Å². The summed E-state index contributed by atoms with van der Waals surface area (Å²) < 4.78 is 0. The number of phenolic OH excluding ortho intramolecular Hbond substituents is 1. The van der Waals surface area contributed by atoms with Gasteiger partial charge in [-0.05, 0) is 18.2 Å². The first-order valence-corrected chi connectivity index (χ1v) is 5.27. The molecule has 0 bridgehead atoms. The third-order valence-corrected chi connectivity index (χ3v) is 2.59. The van der Waals surface area contributed by atoms with Crippen LogP contribution in [0.1, 0.15) is 10.5 Å². The van der Waals surface area contributed by atoms with Crippen molar-refractivity contribution in [3.05, 3.63) is 30.0 Å². The van der Waals surface area contributed by atoms with Crippen molar-refractivity contribution < 1.29 is 19.8 Å². The summed E-state index contributed by atoms with van der Waals surface area (Å²) in [5.41, 5.74) is 0.873. The van der Waals surface area contributed by atoms with Gasteiger partial charge >= 0.3 is 5.97 Å². The highest BCUT2D eigenvalue weighted by Crippen LogP contribution is 2.25. The molecule has 6 nitrogen and oxygen atoms in total. The maximum absolute atomic E-state index is 11.9. The van der Waals surface area contributed by atoms with Crippen LogP contribution in [-0.4, -0.2) is 45.6 Å². The smallest absolute Gasteiger partial charge is 0.323 e. The van der Waals surface area contributed by atoms with Gasteiger partial charge in [0.05, 0.1) is 0 Å². The van der Waals surface area contributed by atoms with Crippen LogP contribution in [0.4, 0.5) is 0 Å². The fraction of sp³-hybridized carbons (Fsp3) is 0.167. The lowest BCUT2D eigenvalue weighted by Crippen LogP contribution is -2.32. The van der Waals surface area contributed by atoms with E-state index < -0.39 is 11.9 Å². The minimum atomic E-state index is -1.08. The number of aliphatic carboxylic acids is 1. The fourth-order valence-corrected chi connectivity index (χ4v) is 1.73. The molecular formula is C12H12N2O4. The first-order chi connectivity index (χ1) is 8.49. The van der Waals surface area contributed by atoms with Crippen molar-refractivity contribution in [2.45, 2.75) is 0 Å². The summed E-state index contributed by atoms with van der Waals surface area (Å²) in [6.07, 6.45) is 0. The van der Waals surface area contributed by atoms with E-state index in [0.717, 1.165) is 4.90 Å². The number of benzene rings is 1. The quantitative estimate of drug-likeness (QED) is 0.756. The molecule has 0 saturated heterocycles. The van der Waals surface area contributed by atoms with Crippen LogP contribution in [0.3, 0.4) is 0 Å². The number of aromatic amines is 1. The Hall–Kier alpha value is -2.50. The maximum Gasteiger partial charge on any atom is 0.323 e. The van der Waals surface area contributed by atoms with Crippen molar-refractivity contribution >= 4 is 22.8 Å². The van der Waals surface area contributed by atoms with Crippen LogP contribution in [-0.2, 0) is 4.79 Å². The molecule has 6 heteroatoms. The number of carbonyl (C=O) groups is 2. The first-order valence-electron chi connectivity index (χ1n) is 5.27. The molecule has 1 heterocycles. The summed E-state index contributed by atoms with van der Waals surface area (Å²) in [6, 6.07) is 6.41.